The Balaban J connectivity index is 1.40. The number of thioether (sulfide) groups is 1. The van der Waals surface area contributed by atoms with E-state index >= 15 is 4.79 Å². The predicted molar refractivity (Wildman–Crippen MR) is 184 cm³/mol. The van der Waals surface area contributed by atoms with E-state index in [0.29, 0.717) is 5.16 Å². The summed E-state index contributed by atoms with van der Waals surface area (Å²) >= 11 is 1.36. The molecule has 1 fully saturated rings. The predicted octanol–water partition coefficient (Wildman–Crippen LogP) is 8.81. The molecule has 1 amide bonds. The van der Waals surface area contributed by atoms with Crippen LogP contribution in [-0.4, -0.2) is 20.7 Å². The quantitative estimate of drug-likeness (QED) is 0.142. The molecule has 45 heavy (non-hydrogen) atoms. The molecule has 226 valence electrons. The van der Waals surface area contributed by atoms with Gasteiger partial charge in [-0.2, -0.15) is 0 Å². The molecule has 0 bridgehead atoms. The van der Waals surface area contributed by atoms with Gasteiger partial charge in [0.25, 0.3) is 5.56 Å². The smallest absolute Gasteiger partial charge is 0.263 e. The number of benzene rings is 4. The van der Waals surface area contributed by atoms with E-state index in [0.717, 1.165) is 71.6 Å². The maximum atomic E-state index is 15.0. The van der Waals surface area contributed by atoms with Crippen LogP contribution in [0.25, 0.3) is 16.9 Å². The van der Waals surface area contributed by atoms with Crippen LogP contribution in [0.2, 0.25) is 0 Å². The van der Waals surface area contributed by atoms with Gasteiger partial charge in [-0.1, -0.05) is 110 Å². The van der Waals surface area contributed by atoms with Crippen molar-refractivity contribution in [3.05, 3.63) is 136 Å². The second-order valence-electron chi connectivity index (χ2n) is 12.3. The minimum atomic E-state index is -0.534. The second kappa shape index (κ2) is 12.2. The highest BCUT2D eigenvalue weighted by Crippen LogP contribution is 2.49. The second-order valence-corrected chi connectivity index (χ2v) is 13.6. The number of aromatic nitrogens is 2. The Bertz CT molecular complexity index is 1870. The third-order valence-electron chi connectivity index (χ3n) is 9.43. The number of amides is 1. The minimum Gasteiger partial charge on any atom is -0.280 e. The highest BCUT2D eigenvalue weighted by molar-refractivity contribution is 8.00. The summed E-state index contributed by atoms with van der Waals surface area (Å²) < 4.78 is 1.79. The average Bonchev–Trinajstić information content (AvgIpc) is 3.07. The van der Waals surface area contributed by atoms with E-state index in [1.54, 1.807) is 9.47 Å². The summed E-state index contributed by atoms with van der Waals surface area (Å²) in [5, 5.41) is 0.00532. The molecule has 1 atom stereocenters. The third kappa shape index (κ3) is 5.31. The highest BCUT2D eigenvalue weighted by atomic mass is 32.2. The molecule has 0 saturated heterocycles. The van der Waals surface area contributed by atoms with E-state index in [-0.39, 0.29) is 16.9 Å². The van der Waals surface area contributed by atoms with Crippen molar-refractivity contribution in [1.82, 2.24) is 9.55 Å². The minimum absolute atomic E-state index is 0.00386. The van der Waals surface area contributed by atoms with Crippen LogP contribution in [0.4, 0.5) is 11.4 Å². The summed E-state index contributed by atoms with van der Waals surface area (Å²) in [6.07, 6.45) is 6.27. The lowest BCUT2D eigenvalue weighted by Gasteiger charge is -2.42. The van der Waals surface area contributed by atoms with E-state index in [1.807, 2.05) is 105 Å². The van der Waals surface area contributed by atoms with Crippen LogP contribution in [0.1, 0.15) is 55.7 Å². The number of aryl methyl sites for hydroxylation is 1. The van der Waals surface area contributed by atoms with Gasteiger partial charge < -0.3 is 0 Å². The first-order valence-corrected chi connectivity index (χ1v) is 16.8. The Morgan fingerprint density at radius 3 is 2.09 bits per heavy atom. The summed E-state index contributed by atoms with van der Waals surface area (Å²) in [7, 11) is 0. The lowest BCUT2D eigenvalue weighted by Crippen LogP contribution is -2.43. The molecular formula is C39H37N3O2S. The van der Waals surface area contributed by atoms with Crippen molar-refractivity contribution < 1.29 is 4.79 Å². The monoisotopic (exact) mass is 611 g/mol. The number of nitrogens with zero attached hydrogens (tertiary/aromatic N) is 3. The summed E-state index contributed by atoms with van der Waals surface area (Å²) in [4.78, 5) is 36.5. The topological polar surface area (TPSA) is 55.2 Å². The molecule has 0 aliphatic heterocycles. The van der Waals surface area contributed by atoms with Crippen molar-refractivity contribution in [3.8, 4) is 16.9 Å². The van der Waals surface area contributed by atoms with Gasteiger partial charge in [0.2, 0.25) is 5.91 Å². The first-order chi connectivity index (χ1) is 22.0. The van der Waals surface area contributed by atoms with Gasteiger partial charge in [-0.25, -0.2) is 4.98 Å². The zero-order chi connectivity index (χ0) is 31.0. The normalized spacial score (nSPS) is 15.6. The van der Waals surface area contributed by atoms with Gasteiger partial charge in [-0.15, -0.1) is 0 Å². The van der Waals surface area contributed by atoms with Crippen molar-refractivity contribution in [2.75, 3.05) is 4.90 Å². The molecule has 1 aromatic heterocycles. The fourth-order valence-electron chi connectivity index (χ4n) is 7.24. The van der Waals surface area contributed by atoms with Crippen LogP contribution >= 0.6 is 11.8 Å². The zero-order valence-electron chi connectivity index (χ0n) is 25.8. The summed E-state index contributed by atoms with van der Waals surface area (Å²) in [5.74, 6) is -0.0788. The van der Waals surface area contributed by atoms with Crippen LogP contribution in [0.15, 0.2) is 119 Å². The fraction of sp³-hybridized carbons (Fsp3) is 0.256. The number of hydrogen-bond donors (Lipinski definition) is 0. The Labute approximate surface area is 269 Å². The molecular weight excluding hydrogens is 575 g/mol. The molecule has 5 nitrogen and oxygen atoms in total. The van der Waals surface area contributed by atoms with Crippen LogP contribution in [0, 0.1) is 6.92 Å². The van der Waals surface area contributed by atoms with Crippen molar-refractivity contribution >= 4 is 29.0 Å². The van der Waals surface area contributed by atoms with E-state index < -0.39 is 5.25 Å². The van der Waals surface area contributed by atoms with Crippen molar-refractivity contribution in [1.29, 1.82) is 0 Å². The van der Waals surface area contributed by atoms with Gasteiger partial charge in [0.1, 0.15) is 0 Å². The van der Waals surface area contributed by atoms with E-state index in [1.165, 1.54) is 23.7 Å². The van der Waals surface area contributed by atoms with Gasteiger partial charge >= 0.3 is 0 Å². The lowest BCUT2D eigenvalue weighted by atomic mass is 9.62. The molecule has 7 rings (SSSR count). The number of anilines is 2. The Morgan fingerprint density at radius 1 is 0.822 bits per heavy atom. The van der Waals surface area contributed by atoms with Gasteiger partial charge in [-0.05, 0) is 74.6 Å². The van der Waals surface area contributed by atoms with Gasteiger partial charge in [0, 0.05) is 22.4 Å². The van der Waals surface area contributed by atoms with E-state index in [4.69, 9.17) is 4.98 Å². The Morgan fingerprint density at radius 2 is 1.42 bits per heavy atom. The van der Waals surface area contributed by atoms with Crippen LogP contribution in [0.5, 0.6) is 0 Å². The molecule has 6 heteroatoms. The van der Waals surface area contributed by atoms with Crippen LogP contribution in [-0.2, 0) is 16.6 Å². The molecule has 0 unspecified atom stereocenters. The zero-order valence-corrected chi connectivity index (χ0v) is 26.6. The van der Waals surface area contributed by atoms with Crippen molar-refractivity contribution in [2.45, 2.75) is 68.2 Å². The first-order valence-electron chi connectivity index (χ1n) is 15.9. The molecule has 4 aromatic carbocycles. The number of para-hydroxylation sites is 3. The lowest BCUT2D eigenvalue weighted by molar-refractivity contribution is -0.117. The Hall–Kier alpha value is -4.42. The van der Waals surface area contributed by atoms with Crippen LogP contribution in [0.3, 0.4) is 0 Å². The van der Waals surface area contributed by atoms with E-state index in [9.17, 15) is 4.79 Å². The molecule has 0 radical (unpaired) electrons. The maximum Gasteiger partial charge on any atom is 0.263 e. The first kappa shape index (κ1) is 29.3. The third-order valence-corrected chi connectivity index (χ3v) is 10.5. The van der Waals surface area contributed by atoms with Gasteiger partial charge in [0.05, 0.1) is 22.2 Å². The van der Waals surface area contributed by atoms with Gasteiger partial charge in [-0.3, -0.25) is 19.1 Å². The maximum absolute atomic E-state index is 15.0. The fourth-order valence-corrected chi connectivity index (χ4v) is 8.20. The summed E-state index contributed by atoms with van der Waals surface area (Å²) in [6.45, 7) is 3.94. The number of rotatable bonds is 6. The SMILES string of the molecule is Cc1ccccc1-n1c(S[C@@H](C)C(=O)N(c2ccccc2)c2ccccc2)nc2c(c1=O)C1(CCCCC1)Cc1ccccc1-2. The molecule has 1 heterocycles. The molecule has 2 aliphatic carbocycles. The number of carbonyl (C=O) groups excluding carboxylic acids is 1. The average molecular weight is 612 g/mol. The number of carbonyl (C=O) groups is 1. The molecule has 5 aromatic rings. The number of fused-ring (bicyclic) bond motifs is 4. The van der Waals surface area contributed by atoms with Crippen LogP contribution < -0.4 is 10.5 Å². The summed E-state index contributed by atoms with van der Waals surface area (Å²) in [6, 6.07) is 35.9. The number of hydrogen-bond acceptors (Lipinski definition) is 4. The molecule has 0 N–H and O–H groups in total. The molecule has 2 aliphatic rings. The Kier molecular flexibility index (Phi) is 7.92. The standard InChI is InChI=1S/C39H37N3O2S/c1-27-16-10-13-23-33(27)42-37(44)34-35(32-22-12-11-17-29(32)26-39(34)24-14-5-15-25-39)40-38(42)45-28(2)36(43)41(30-18-6-3-7-19-30)31-20-8-4-9-21-31/h3-4,6-13,16-23,28H,5,14-15,24-26H2,1-2H3/t28-/m0/s1. The molecule has 1 spiro atoms. The summed E-state index contributed by atoms with van der Waals surface area (Å²) in [5.41, 5.74) is 7.10. The molecule has 1 saturated carbocycles. The van der Waals surface area contributed by atoms with E-state index in [2.05, 4.69) is 18.2 Å². The largest absolute Gasteiger partial charge is 0.280 e. The van der Waals surface area contributed by atoms with Crippen molar-refractivity contribution in [3.63, 3.8) is 0 Å². The van der Waals surface area contributed by atoms with Crippen molar-refractivity contribution in [2.24, 2.45) is 0 Å². The van der Waals surface area contributed by atoms with Gasteiger partial charge in [0.15, 0.2) is 5.16 Å². The highest BCUT2D eigenvalue weighted by Gasteiger charge is 2.44.